The lowest BCUT2D eigenvalue weighted by Crippen LogP contribution is -2.61. The van der Waals surface area contributed by atoms with E-state index in [-0.39, 0.29) is 49.4 Å². The highest BCUT2D eigenvalue weighted by Gasteiger charge is 2.51. The lowest BCUT2D eigenvalue weighted by molar-refractivity contribution is -0.299. The van der Waals surface area contributed by atoms with Gasteiger partial charge in [-0.15, -0.1) is 0 Å². The van der Waals surface area contributed by atoms with Crippen LogP contribution < -0.4 is 16.6 Å². The number of carbonyl (C=O) groups excluding carboxylic acids is 3. The molecule has 16 nitrogen and oxygen atoms in total. The molecule has 6 atom stereocenters. The summed E-state index contributed by atoms with van der Waals surface area (Å²) in [6, 6.07) is 11.2. The van der Waals surface area contributed by atoms with E-state index >= 15 is 0 Å². The molecule has 2 aromatic heterocycles. The molecule has 16 heteroatoms. The van der Waals surface area contributed by atoms with E-state index in [1.54, 1.807) is 17.6 Å². The number of carbonyl (C=O) groups is 3. The second-order valence-corrected chi connectivity index (χ2v) is 11.1. The first-order valence-corrected chi connectivity index (χ1v) is 14.6. The minimum absolute atomic E-state index is 0.0438. The second kappa shape index (κ2) is 12.3. The number of fused-ring (bicyclic) bond motifs is 5. The van der Waals surface area contributed by atoms with Gasteiger partial charge in [0.25, 0.3) is 5.56 Å². The molecular weight excluding hydrogens is 608 g/mol. The van der Waals surface area contributed by atoms with E-state index in [4.69, 9.17) is 34.4 Å². The molecule has 1 aromatic carbocycles. The maximum absolute atomic E-state index is 13.7. The van der Waals surface area contributed by atoms with Crippen molar-refractivity contribution in [3.8, 4) is 11.4 Å². The number of rotatable bonds is 8. The number of para-hydroxylation sites is 1. The summed E-state index contributed by atoms with van der Waals surface area (Å²) in [5.41, 5.74) is 5.76. The highest BCUT2D eigenvalue weighted by Crippen LogP contribution is 2.41. The molecule has 1 fully saturated rings. The average Bonchev–Trinajstić information content (AvgIpc) is 3.40. The van der Waals surface area contributed by atoms with Crippen LogP contribution in [0.5, 0.6) is 0 Å². The third-order valence-electron chi connectivity index (χ3n) is 8.38. The molecule has 46 heavy (non-hydrogen) atoms. The molecule has 6 rings (SSSR count). The molecule has 0 spiro atoms. The van der Waals surface area contributed by atoms with Crippen LogP contribution in [0.4, 0.5) is 9.59 Å². The number of aliphatic hydroxyl groups is 3. The van der Waals surface area contributed by atoms with Gasteiger partial charge in [-0.1, -0.05) is 25.1 Å². The van der Waals surface area contributed by atoms with Gasteiger partial charge in [0.1, 0.15) is 24.9 Å². The molecule has 0 unspecified atom stereocenters. The number of primary amides is 1. The zero-order valence-electron chi connectivity index (χ0n) is 24.6. The van der Waals surface area contributed by atoms with E-state index < -0.39 is 61.1 Å². The van der Waals surface area contributed by atoms with Crippen molar-refractivity contribution in [2.24, 2.45) is 5.73 Å². The van der Waals surface area contributed by atoms with Crippen LogP contribution in [0.25, 0.3) is 22.3 Å². The monoisotopic (exact) mass is 640 g/mol. The number of hydrogen-bond acceptors (Lipinski definition) is 13. The Morgan fingerprint density at radius 2 is 1.98 bits per heavy atom. The summed E-state index contributed by atoms with van der Waals surface area (Å²) in [4.78, 5) is 55.9. The van der Waals surface area contributed by atoms with Gasteiger partial charge in [-0.25, -0.2) is 19.4 Å². The molecule has 2 amide bonds. The lowest BCUT2D eigenvalue weighted by Gasteiger charge is -2.41. The van der Waals surface area contributed by atoms with Crippen LogP contribution in [0.15, 0.2) is 41.2 Å². The maximum Gasteiger partial charge on any atom is 0.408 e. The average molecular weight is 641 g/mol. The Morgan fingerprint density at radius 3 is 2.72 bits per heavy atom. The van der Waals surface area contributed by atoms with Gasteiger partial charge >= 0.3 is 18.2 Å². The SMILES string of the molecule is CC[C@@]1(OC(=O)NCCO[C@@H]2O[C@H](CO)[C@@H](O)[C@H](OC(N)=O)[C@@H]2O)C(=O)OCc2c1cc1n(c2=O)Cc2cc3ccccc3nc2-1. The molecule has 5 heterocycles. The summed E-state index contributed by atoms with van der Waals surface area (Å²) in [5, 5.41) is 33.5. The largest absolute Gasteiger partial charge is 0.457 e. The van der Waals surface area contributed by atoms with Crippen LogP contribution in [-0.4, -0.2) is 93.5 Å². The van der Waals surface area contributed by atoms with E-state index in [1.807, 2.05) is 30.3 Å². The minimum Gasteiger partial charge on any atom is -0.457 e. The number of hydrogen-bond donors (Lipinski definition) is 5. The van der Waals surface area contributed by atoms with Gasteiger partial charge in [-0.2, -0.15) is 0 Å². The van der Waals surface area contributed by atoms with Gasteiger partial charge < -0.3 is 54.6 Å². The van der Waals surface area contributed by atoms with Crippen molar-refractivity contribution in [2.45, 2.75) is 62.8 Å². The Labute approximate surface area is 260 Å². The number of alkyl carbamates (subject to hydrolysis) is 1. The number of amides is 2. The number of aliphatic hydroxyl groups excluding tert-OH is 3. The summed E-state index contributed by atoms with van der Waals surface area (Å²) >= 11 is 0. The van der Waals surface area contributed by atoms with Crippen molar-refractivity contribution >= 4 is 29.1 Å². The molecule has 6 N–H and O–H groups in total. The number of nitrogens with two attached hydrogens (primary N) is 1. The van der Waals surface area contributed by atoms with Crippen LogP contribution in [0.2, 0.25) is 0 Å². The van der Waals surface area contributed by atoms with E-state index in [1.165, 1.54) is 0 Å². The van der Waals surface area contributed by atoms with Crippen molar-refractivity contribution in [3.05, 3.63) is 63.4 Å². The first-order chi connectivity index (χ1) is 22.1. The fourth-order valence-corrected chi connectivity index (χ4v) is 6.07. The maximum atomic E-state index is 13.7. The fraction of sp³-hybridized carbons (Fsp3) is 0.433. The predicted octanol–water partition coefficient (Wildman–Crippen LogP) is -0.267. The highest BCUT2D eigenvalue weighted by atomic mass is 16.7. The molecule has 244 valence electrons. The first kappa shape index (κ1) is 31.4. The van der Waals surface area contributed by atoms with Gasteiger partial charge in [0.15, 0.2) is 12.4 Å². The number of aromatic nitrogens is 2. The topological polar surface area (TPSA) is 231 Å². The zero-order valence-corrected chi connectivity index (χ0v) is 24.6. The van der Waals surface area contributed by atoms with Crippen LogP contribution in [-0.2, 0) is 47.2 Å². The third-order valence-corrected chi connectivity index (χ3v) is 8.38. The first-order valence-electron chi connectivity index (χ1n) is 14.6. The van der Waals surface area contributed by atoms with Gasteiger partial charge in [0.2, 0.25) is 5.60 Å². The second-order valence-electron chi connectivity index (χ2n) is 11.1. The molecule has 0 saturated carbocycles. The van der Waals surface area contributed by atoms with Crippen molar-refractivity contribution in [1.82, 2.24) is 14.9 Å². The van der Waals surface area contributed by atoms with Crippen LogP contribution in [0.1, 0.15) is 30.0 Å². The van der Waals surface area contributed by atoms with Crippen molar-refractivity contribution in [3.63, 3.8) is 0 Å². The molecule has 3 aliphatic rings. The lowest BCUT2D eigenvalue weighted by atomic mass is 9.85. The quantitative estimate of drug-likeness (QED) is 0.0950. The Kier molecular flexibility index (Phi) is 8.39. The smallest absolute Gasteiger partial charge is 0.408 e. The summed E-state index contributed by atoms with van der Waals surface area (Å²) in [5.74, 6) is -0.837. The predicted molar refractivity (Wildman–Crippen MR) is 155 cm³/mol. The Balaban J connectivity index is 1.18. The molecular formula is C30H32N4O12. The summed E-state index contributed by atoms with van der Waals surface area (Å²) in [6.07, 6.45) is -9.85. The van der Waals surface area contributed by atoms with Gasteiger partial charge in [0.05, 0.1) is 42.2 Å². The third kappa shape index (κ3) is 5.33. The van der Waals surface area contributed by atoms with Crippen molar-refractivity contribution < 1.29 is 53.4 Å². The van der Waals surface area contributed by atoms with Crippen LogP contribution >= 0.6 is 0 Å². The normalized spacial score (nSPS) is 26.4. The number of esters is 1. The fourth-order valence-electron chi connectivity index (χ4n) is 6.07. The Hall–Kier alpha value is -4.61. The van der Waals surface area contributed by atoms with Crippen molar-refractivity contribution in [2.75, 3.05) is 19.8 Å². The number of nitrogens with one attached hydrogen (secondary N) is 1. The molecule has 0 bridgehead atoms. The summed E-state index contributed by atoms with van der Waals surface area (Å²) in [7, 11) is 0. The van der Waals surface area contributed by atoms with Crippen LogP contribution in [0, 0.1) is 0 Å². The van der Waals surface area contributed by atoms with E-state index in [0.717, 1.165) is 16.5 Å². The van der Waals surface area contributed by atoms with E-state index in [2.05, 4.69) is 5.32 Å². The molecule has 1 saturated heterocycles. The number of benzene rings is 1. The Bertz CT molecular complexity index is 1760. The summed E-state index contributed by atoms with van der Waals surface area (Å²) < 4.78 is 28.1. The van der Waals surface area contributed by atoms with Crippen LogP contribution in [0.3, 0.4) is 0 Å². The van der Waals surface area contributed by atoms with Gasteiger partial charge in [0, 0.05) is 23.1 Å². The minimum atomic E-state index is -1.93. The molecule has 3 aromatic rings. The van der Waals surface area contributed by atoms with E-state index in [9.17, 15) is 34.5 Å². The van der Waals surface area contributed by atoms with Gasteiger partial charge in [-0.05, 0) is 24.6 Å². The van der Waals surface area contributed by atoms with Crippen molar-refractivity contribution in [1.29, 1.82) is 0 Å². The molecule has 3 aliphatic heterocycles. The number of nitrogens with zero attached hydrogens (tertiary/aromatic N) is 2. The van der Waals surface area contributed by atoms with Gasteiger partial charge in [-0.3, -0.25) is 4.79 Å². The van der Waals surface area contributed by atoms with E-state index in [0.29, 0.717) is 11.4 Å². The highest BCUT2D eigenvalue weighted by molar-refractivity contribution is 5.88. The zero-order chi connectivity index (χ0) is 32.7. The number of cyclic esters (lactones) is 1. The summed E-state index contributed by atoms with van der Waals surface area (Å²) in [6.45, 7) is 0.454. The Morgan fingerprint density at radius 1 is 1.20 bits per heavy atom. The molecule has 0 aliphatic carbocycles. The standard InChI is InChI=1S/C30H32N4O12/c1-2-30(46-29(41)32-7-8-42-26-23(37)24(45-28(31)40)22(36)20(12-35)44-26)17-10-19-21-15(9-14-5-3-4-6-18(14)33-21)11-34(19)25(38)16(17)13-43-27(30)39/h3-6,9-10,20,22-24,26,35-37H,2,7-8,11-13H2,1H3,(H2,31,40)(H,32,41)/t20-,22-,23+,24+,26-,30+/m1/s1. The number of ether oxygens (including phenoxy) is 5. The molecule has 0 radical (unpaired) electrons. The number of pyridine rings is 2.